The summed E-state index contributed by atoms with van der Waals surface area (Å²) < 4.78 is 0. The number of aliphatic hydroxyl groups excluding tert-OH is 1. The van der Waals surface area contributed by atoms with E-state index >= 15 is 0 Å². The third-order valence-corrected chi connectivity index (χ3v) is 5.49. The second-order valence-electron chi connectivity index (χ2n) is 6.02. The number of hydrogen-bond donors (Lipinski definition) is 1. The van der Waals surface area contributed by atoms with Gasteiger partial charge in [0.1, 0.15) is 17.0 Å². The molecule has 1 saturated heterocycles. The third kappa shape index (κ3) is 2.82. The summed E-state index contributed by atoms with van der Waals surface area (Å²) >= 11 is 1.65. The zero-order chi connectivity index (χ0) is 15.6. The normalized spacial score (nSPS) is 17.5. The van der Waals surface area contributed by atoms with Gasteiger partial charge in [-0.3, -0.25) is 0 Å². The first kappa shape index (κ1) is 14.6. The molecule has 0 aliphatic carbocycles. The first-order chi connectivity index (χ1) is 11.3. The molecule has 2 aromatic heterocycles. The number of rotatable bonds is 3. The molecular formula is C18H19N3OS. The largest absolute Gasteiger partial charge is 0.388 e. The number of thiophene rings is 1. The first-order valence-electron chi connectivity index (χ1n) is 7.99. The lowest BCUT2D eigenvalue weighted by Crippen LogP contribution is -2.36. The number of aromatic nitrogens is 2. The van der Waals surface area contributed by atoms with Crippen molar-refractivity contribution in [3.05, 3.63) is 53.7 Å². The molecule has 0 radical (unpaired) electrons. The Hall–Kier alpha value is -1.98. The SMILES string of the molecule is O[C@@H](c1ccccc1)C1CCN(c2ncnc3sccc23)CC1. The van der Waals surface area contributed by atoms with Crippen molar-refractivity contribution in [2.45, 2.75) is 18.9 Å². The molecule has 0 saturated carbocycles. The average Bonchev–Trinajstić information content (AvgIpc) is 3.11. The van der Waals surface area contributed by atoms with Gasteiger partial charge in [0, 0.05) is 13.1 Å². The van der Waals surface area contributed by atoms with Crippen molar-refractivity contribution in [1.29, 1.82) is 0 Å². The van der Waals surface area contributed by atoms with Crippen molar-refractivity contribution < 1.29 is 5.11 Å². The van der Waals surface area contributed by atoms with E-state index in [9.17, 15) is 5.11 Å². The van der Waals surface area contributed by atoms with Gasteiger partial charge in [-0.2, -0.15) is 0 Å². The van der Waals surface area contributed by atoms with Crippen LogP contribution in [0.15, 0.2) is 48.1 Å². The third-order valence-electron chi connectivity index (χ3n) is 4.67. The minimum absolute atomic E-state index is 0.313. The molecule has 4 rings (SSSR count). The molecule has 3 heterocycles. The van der Waals surface area contributed by atoms with E-state index in [1.807, 2.05) is 30.3 Å². The molecule has 0 unspecified atom stereocenters. The monoisotopic (exact) mass is 325 g/mol. The Morgan fingerprint density at radius 2 is 1.87 bits per heavy atom. The molecule has 1 fully saturated rings. The molecule has 3 aromatic rings. The molecular weight excluding hydrogens is 306 g/mol. The smallest absolute Gasteiger partial charge is 0.140 e. The summed E-state index contributed by atoms with van der Waals surface area (Å²) in [6.07, 6.45) is 3.24. The number of piperidine rings is 1. The zero-order valence-corrected chi connectivity index (χ0v) is 13.6. The second kappa shape index (κ2) is 6.26. The van der Waals surface area contributed by atoms with Gasteiger partial charge in [-0.25, -0.2) is 9.97 Å². The van der Waals surface area contributed by atoms with E-state index in [4.69, 9.17) is 0 Å². The molecule has 1 atom stereocenters. The minimum Gasteiger partial charge on any atom is -0.388 e. The lowest BCUT2D eigenvalue weighted by Gasteiger charge is -2.35. The molecule has 1 aliphatic heterocycles. The van der Waals surface area contributed by atoms with Crippen LogP contribution < -0.4 is 4.90 Å². The van der Waals surface area contributed by atoms with E-state index in [0.717, 1.165) is 47.5 Å². The maximum Gasteiger partial charge on any atom is 0.140 e. The van der Waals surface area contributed by atoms with E-state index in [0.29, 0.717) is 5.92 Å². The Balaban J connectivity index is 1.48. The molecule has 23 heavy (non-hydrogen) atoms. The molecule has 4 nitrogen and oxygen atoms in total. The maximum absolute atomic E-state index is 10.6. The highest BCUT2D eigenvalue weighted by atomic mass is 32.1. The Kier molecular flexibility index (Phi) is 3.97. The molecule has 1 N–H and O–H groups in total. The van der Waals surface area contributed by atoms with Crippen LogP contribution in [0, 0.1) is 5.92 Å². The van der Waals surface area contributed by atoms with Crippen molar-refractivity contribution in [3.63, 3.8) is 0 Å². The van der Waals surface area contributed by atoms with Gasteiger partial charge >= 0.3 is 0 Å². The van der Waals surface area contributed by atoms with Crippen molar-refractivity contribution in [2.75, 3.05) is 18.0 Å². The van der Waals surface area contributed by atoms with Crippen molar-refractivity contribution >= 4 is 27.4 Å². The average molecular weight is 325 g/mol. The first-order valence-corrected chi connectivity index (χ1v) is 8.87. The van der Waals surface area contributed by atoms with Crippen molar-refractivity contribution in [1.82, 2.24) is 9.97 Å². The predicted octanol–water partition coefficient (Wildman–Crippen LogP) is 3.64. The van der Waals surface area contributed by atoms with E-state index in [1.54, 1.807) is 17.7 Å². The van der Waals surface area contributed by atoms with Crippen molar-refractivity contribution in [2.24, 2.45) is 5.92 Å². The molecule has 118 valence electrons. The van der Waals surface area contributed by atoms with Gasteiger partial charge in [-0.1, -0.05) is 30.3 Å². The number of fused-ring (bicyclic) bond motifs is 1. The Morgan fingerprint density at radius 1 is 1.09 bits per heavy atom. The summed E-state index contributed by atoms with van der Waals surface area (Å²) in [4.78, 5) is 12.2. The summed E-state index contributed by atoms with van der Waals surface area (Å²) in [5.74, 6) is 1.34. The van der Waals surface area contributed by atoms with Crippen LogP contribution in [0.25, 0.3) is 10.2 Å². The molecule has 0 bridgehead atoms. The molecule has 1 aromatic carbocycles. The number of benzene rings is 1. The standard InChI is InChI=1S/C18H19N3OS/c22-16(13-4-2-1-3-5-13)14-6-9-21(10-7-14)17-15-8-11-23-18(15)20-12-19-17/h1-5,8,11-12,14,16,22H,6-7,9-10H2/t16-/m0/s1. The van der Waals surface area contributed by atoms with E-state index in [2.05, 4.69) is 26.3 Å². The van der Waals surface area contributed by atoms with Gasteiger partial charge in [0.05, 0.1) is 11.5 Å². The van der Waals surface area contributed by atoms with Gasteiger partial charge in [0.25, 0.3) is 0 Å². The van der Waals surface area contributed by atoms with Crippen LogP contribution in [-0.2, 0) is 0 Å². The lowest BCUT2D eigenvalue weighted by atomic mass is 9.87. The van der Waals surface area contributed by atoms with Crippen LogP contribution >= 0.6 is 11.3 Å². The summed E-state index contributed by atoms with van der Waals surface area (Å²) in [5, 5.41) is 13.8. The van der Waals surface area contributed by atoms with Gasteiger partial charge in [-0.15, -0.1) is 11.3 Å². The number of hydrogen-bond acceptors (Lipinski definition) is 5. The minimum atomic E-state index is -0.370. The van der Waals surface area contributed by atoms with Gasteiger partial charge < -0.3 is 10.0 Å². The Bertz CT molecular complexity index is 781. The molecule has 5 heteroatoms. The van der Waals surface area contributed by atoms with Gasteiger partial charge in [0.2, 0.25) is 0 Å². The summed E-state index contributed by atoms with van der Waals surface area (Å²) in [6.45, 7) is 1.85. The number of nitrogens with zero attached hydrogens (tertiary/aromatic N) is 3. The Labute approximate surface area is 139 Å². The van der Waals surface area contributed by atoms with Crippen LogP contribution in [0.4, 0.5) is 5.82 Å². The maximum atomic E-state index is 10.6. The second-order valence-corrected chi connectivity index (χ2v) is 6.91. The highest BCUT2D eigenvalue weighted by molar-refractivity contribution is 7.16. The Morgan fingerprint density at radius 3 is 2.65 bits per heavy atom. The van der Waals surface area contributed by atoms with Crippen LogP contribution in [0.1, 0.15) is 24.5 Å². The lowest BCUT2D eigenvalue weighted by molar-refractivity contribution is 0.0929. The van der Waals surface area contributed by atoms with Crippen LogP contribution in [-0.4, -0.2) is 28.2 Å². The fourth-order valence-corrected chi connectivity index (χ4v) is 4.11. The van der Waals surface area contributed by atoms with Crippen molar-refractivity contribution in [3.8, 4) is 0 Å². The number of anilines is 1. The highest BCUT2D eigenvalue weighted by Crippen LogP contribution is 2.34. The topological polar surface area (TPSA) is 49.2 Å². The highest BCUT2D eigenvalue weighted by Gasteiger charge is 2.27. The van der Waals surface area contributed by atoms with Gasteiger partial charge in [-0.05, 0) is 35.8 Å². The van der Waals surface area contributed by atoms with E-state index in [-0.39, 0.29) is 6.10 Å². The quantitative estimate of drug-likeness (QED) is 0.799. The number of aliphatic hydroxyl groups is 1. The molecule has 0 spiro atoms. The van der Waals surface area contributed by atoms with E-state index < -0.39 is 0 Å². The molecule has 1 aliphatic rings. The van der Waals surface area contributed by atoms with Crippen LogP contribution in [0.3, 0.4) is 0 Å². The van der Waals surface area contributed by atoms with Gasteiger partial charge in [0.15, 0.2) is 0 Å². The summed E-state index contributed by atoms with van der Waals surface area (Å²) in [7, 11) is 0. The fraction of sp³-hybridized carbons (Fsp3) is 0.333. The zero-order valence-electron chi connectivity index (χ0n) is 12.8. The van der Waals surface area contributed by atoms with E-state index in [1.165, 1.54) is 0 Å². The predicted molar refractivity (Wildman–Crippen MR) is 93.8 cm³/mol. The van der Waals surface area contributed by atoms with Crippen LogP contribution in [0.2, 0.25) is 0 Å². The summed E-state index contributed by atoms with van der Waals surface area (Å²) in [6, 6.07) is 12.1. The summed E-state index contributed by atoms with van der Waals surface area (Å²) in [5.41, 5.74) is 1.02. The fourth-order valence-electron chi connectivity index (χ4n) is 3.38. The molecule has 0 amide bonds. The van der Waals surface area contributed by atoms with Crippen LogP contribution in [0.5, 0.6) is 0 Å².